The van der Waals surface area contributed by atoms with Gasteiger partial charge in [-0.2, -0.15) is 5.10 Å². The maximum absolute atomic E-state index is 4.72. The molecule has 0 aliphatic carbocycles. The fraction of sp³-hybridized carbons (Fsp3) is 0.143. The van der Waals surface area contributed by atoms with Gasteiger partial charge in [-0.25, -0.2) is 4.98 Å². The highest BCUT2D eigenvalue weighted by molar-refractivity contribution is 7.13. The summed E-state index contributed by atoms with van der Waals surface area (Å²) < 4.78 is 0. The monoisotopic (exact) mass is 360 g/mol. The van der Waals surface area contributed by atoms with E-state index < -0.39 is 0 Å². The van der Waals surface area contributed by atoms with Crippen LogP contribution in [0.25, 0.3) is 10.6 Å². The Morgan fingerprint density at radius 1 is 0.923 bits per heavy atom. The zero-order valence-electron chi connectivity index (χ0n) is 14.4. The van der Waals surface area contributed by atoms with Gasteiger partial charge in [-0.05, 0) is 48.1 Å². The molecule has 0 saturated carbocycles. The van der Waals surface area contributed by atoms with Gasteiger partial charge in [0.05, 0.1) is 4.88 Å². The summed E-state index contributed by atoms with van der Waals surface area (Å²) >= 11 is 1.71. The van der Waals surface area contributed by atoms with Crippen LogP contribution >= 0.6 is 11.3 Å². The number of thiophene rings is 1. The molecule has 4 nitrogen and oxygen atoms in total. The summed E-state index contributed by atoms with van der Waals surface area (Å²) in [6.07, 6.45) is 1.78. The van der Waals surface area contributed by atoms with Gasteiger partial charge in [0.1, 0.15) is 11.5 Å². The molecule has 0 amide bonds. The van der Waals surface area contributed by atoms with Crippen LogP contribution in [0.2, 0.25) is 0 Å². The Hall–Kier alpha value is -2.92. The van der Waals surface area contributed by atoms with Crippen molar-refractivity contribution in [3.05, 3.63) is 89.1 Å². The van der Waals surface area contributed by atoms with Gasteiger partial charge in [-0.3, -0.25) is 5.10 Å². The number of H-pyrrole nitrogens is 1. The maximum Gasteiger partial charge on any atom is 0.126 e. The van der Waals surface area contributed by atoms with E-state index in [1.165, 1.54) is 10.4 Å². The number of hydrogen-bond donors (Lipinski definition) is 2. The summed E-state index contributed by atoms with van der Waals surface area (Å²) in [5.74, 6) is 0.912. The van der Waals surface area contributed by atoms with Crippen molar-refractivity contribution < 1.29 is 0 Å². The predicted octanol–water partition coefficient (Wildman–Crippen LogP) is 4.93. The second-order valence-corrected chi connectivity index (χ2v) is 7.06. The SMILES string of the molecule is c1ccc(CNc2cccc(CCc3cc(-c4cccs4)n[nH]3)n2)cc1. The fourth-order valence-corrected chi connectivity index (χ4v) is 3.49. The third-order valence-corrected chi connectivity index (χ3v) is 5.07. The Morgan fingerprint density at radius 2 is 1.85 bits per heavy atom. The van der Waals surface area contributed by atoms with Crippen molar-refractivity contribution >= 4 is 17.2 Å². The third-order valence-electron chi connectivity index (χ3n) is 4.18. The zero-order valence-corrected chi connectivity index (χ0v) is 15.2. The van der Waals surface area contributed by atoms with Crippen molar-refractivity contribution in [1.29, 1.82) is 0 Å². The van der Waals surface area contributed by atoms with E-state index >= 15 is 0 Å². The van der Waals surface area contributed by atoms with E-state index in [1.807, 2.05) is 18.2 Å². The molecule has 130 valence electrons. The van der Waals surface area contributed by atoms with Crippen molar-refractivity contribution in [2.24, 2.45) is 0 Å². The molecule has 5 heteroatoms. The van der Waals surface area contributed by atoms with Gasteiger partial charge >= 0.3 is 0 Å². The number of aromatic nitrogens is 3. The lowest BCUT2D eigenvalue weighted by molar-refractivity contribution is 0.866. The molecule has 0 fully saturated rings. The number of nitrogens with zero attached hydrogens (tertiary/aromatic N) is 2. The summed E-state index contributed by atoms with van der Waals surface area (Å²) in [5.41, 5.74) is 4.48. The molecule has 1 aromatic carbocycles. The van der Waals surface area contributed by atoms with Crippen LogP contribution in [0.5, 0.6) is 0 Å². The van der Waals surface area contributed by atoms with Crippen LogP contribution < -0.4 is 5.32 Å². The first-order valence-electron chi connectivity index (χ1n) is 8.69. The average molecular weight is 360 g/mol. The molecule has 0 aliphatic heterocycles. The molecule has 0 atom stereocenters. The zero-order chi connectivity index (χ0) is 17.6. The van der Waals surface area contributed by atoms with E-state index in [1.54, 1.807) is 11.3 Å². The molecule has 0 saturated heterocycles. The first kappa shape index (κ1) is 16.5. The van der Waals surface area contributed by atoms with Gasteiger partial charge < -0.3 is 5.32 Å². The van der Waals surface area contributed by atoms with Crippen LogP contribution in [0.1, 0.15) is 17.0 Å². The average Bonchev–Trinajstić information content (AvgIpc) is 3.37. The van der Waals surface area contributed by atoms with Crippen LogP contribution in [0, 0.1) is 0 Å². The normalized spacial score (nSPS) is 10.8. The Labute approximate surface area is 157 Å². The minimum absolute atomic E-state index is 0.780. The van der Waals surface area contributed by atoms with Gasteiger partial charge in [0.25, 0.3) is 0 Å². The van der Waals surface area contributed by atoms with E-state index in [4.69, 9.17) is 4.98 Å². The van der Waals surface area contributed by atoms with Crippen LogP contribution in [0.4, 0.5) is 5.82 Å². The van der Waals surface area contributed by atoms with E-state index in [2.05, 4.69) is 69.4 Å². The highest BCUT2D eigenvalue weighted by Gasteiger charge is 2.06. The number of hydrogen-bond acceptors (Lipinski definition) is 4. The molecule has 0 aliphatic rings. The molecule has 4 rings (SSSR count). The fourth-order valence-electron chi connectivity index (χ4n) is 2.81. The number of aryl methyl sites for hydroxylation is 2. The molecule has 4 aromatic rings. The van der Waals surface area contributed by atoms with Crippen molar-refractivity contribution in [3.63, 3.8) is 0 Å². The highest BCUT2D eigenvalue weighted by atomic mass is 32.1. The van der Waals surface area contributed by atoms with E-state index in [9.17, 15) is 0 Å². The Morgan fingerprint density at radius 3 is 2.69 bits per heavy atom. The minimum Gasteiger partial charge on any atom is -0.366 e. The first-order chi connectivity index (χ1) is 12.9. The smallest absolute Gasteiger partial charge is 0.126 e. The van der Waals surface area contributed by atoms with Gasteiger partial charge in [0, 0.05) is 17.9 Å². The largest absolute Gasteiger partial charge is 0.366 e. The summed E-state index contributed by atoms with van der Waals surface area (Å²) in [7, 11) is 0. The van der Waals surface area contributed by atoms with Crippen molar-refractivity contribution in [3.8, 4) is 10.6 Å². The molecule has 3 aromatic heterocycles. The summed E-state index contributed by atoms with van der Waals surface area (Å²) in [5, 5.41) is 13.0. The third kappa shape index (κ3) is 4.18. The number of aromatic amines is 1. The number of nitrogens with one attached hydrogen (secondary N) is 2. The summed E-state index contributed by atoms with van der Waals surface area (Å²) in [6, 6.07) is 22.8. The molecule has 0 radical (unpaired) electrons. The lowest BCUT2D eigenvalue weighted by Crippen LogP contribution is -2.03. The minimum atomic E-state index is 0.780. The number of anilines is 1. The second-order valence-electron chi connectivity index (χ2n) is 6.11. The second kappa shape index (κ2) is 7.97. The Balaban J connectivity index is 1.35. The lowest BCUT2D eigenvalue weighted by atomic mass is 10.1. The molecule has 0 unspecified atom stereocenters. The van der Waals surface area contributed by atoms with E-state index in [0.29, 0.717) is 0 Å². The van der Waals surface area contributed by atoms with Gasteiger partial charge in [-0.15, -0.1) is 11.3 Å². The molecular formula is C21H20N4S. The molecule has 2 N–H and O–H groups in total. The molecule has 0 spiro atoms. The van der Waals surface area contributed by atoms with E-state index in [0.717, 1.165) is 42.3 Å². The predicted molar refractivity (Wildman–Crippen MR) is 107 cm³/mol. The van der Waals surface area contributed by atoms with E-state index in [-0.39, 0.29) is 0 Å². The quantitative estimate of drug-likeness (QED) is 0.491. The summed E-state index contributed by atoms with van der Waals surface area (Å²) in [4.78, 5) is 5.91. The number of rotatable bonds is 7. The maximum atomic E-state index is 4.72. The van der Waals surface area contributed by atoms with Crippen LogP contribution in [-0.2, 0) is 19.4 Å². The molecule has 0 bridgehead atoms. The van der Waals surface area contributed by atoms with Gasteiger partial charge in [0.15, 0.2) is 0 Å². The van der Waals surface area contributed by atoms with Crippen molar-refractivity contribution in [2.45, 2.75) is 19.4 Å². The van der Waals surface area contributed by atoms with Crippen molar-refractivity contribution in [2.75, 3.05) is 5.32 Å². The molecular weight excluding hydrogens is 340 g/mol. The standard InChI is InChI=1S/C21H20N4S/c1-2-6-16(7-3-1)15-22-21-10-4-8-17(23-21)11-12-18-14-19(25-24-18)20-9-5-13-26-20/h1-10,13-14H,11-12,15H2,(H,22,23)(H,24,25). The van der Waals surface area contributed by atoms with Crippen LogP contribution in [0.3, 0.4) is 0 Å². The van der Waals surface area contributed by atoms with Gasteiger partial charge in [0.2, 0.25) is 0 Å². The number of benzene rings is 1. The molecule has 26 heavy (non-hydrogen) atoms. The van der Waals surface area contributed by atoms with Crippen LogP contribution in [-0.4, -0.2) is 15.2 Å². The highest BCUT2D eigenvalue weighted by Crippen LogP contribution is 2.23. The summed E-state index contributed by atoms with van der Waals surface area (Å²) in [6.45, 7) is 0.780. The van der Waals surface area contributed by atoms with Crippen LogP contribution in [0.15, 0.2) is 72.1 Å². The molecule has 3 heterocycles. The first-order valence-corrected chi connectivity index (χ1v) is 9.57. The van der Waals surface area contributed by atoms with Gasteiger partial charge in [-0.1, -0.05) is 42.5 Å². The number of pyridine rings is 1. The Kier molecular flexibility index (Phi) is 5.07. The van der Waals surface area contributed by atoms with Crippen molar-refractivity contribution in [1.82, 2.24) is 15.2 Å². The topological polar surface area (TPSA) is 53.6 Å². The Bertz CT molecular complexity index is 945. The lowest BCUT2D eigenvalue weighted by Gasteiger charge is -2.07.